The van der Waals surface area contributed by atoms with Crippen molar-refractivity contribution in [1.29, 1.82) is 0 Å². The molecule has 0 saturated carbocycles. The van der Waals surface area contributed by atoms with Crippen LogP contribution in [0.25, 0.3) is 11.0 Å². The fourth-order valence-corrected chi connectivity index (χ4v) is 4.69. The van der Waals surface area contributed by atoms with Crippen molar-refractivity contribution in [2.75, 3.05) is 11.5 Å². The first kappa shape index (κ1) is 13.8. The van der Waals surface area contributed by atoms with Gasteiger partial charge in [-0.15, -0.1) is 11.6 Å². The molecule has 20 heavy (non-hydrogen) atoms. The summed E-state index contributed by atoms with van der Waals surface area (Å²) in [6.07, 6.45) is 1.40. The second-order valence-electron chi connectivity index (χ2n) is 5.08. The van der Waals surface area contributed by atoms with Crippen molar-refractivity contribution in [2.24, 2.45) is 0 Å². The van der Waals surface area contributed by atoms with Crippen LogP contribution >= 0.6 is 11.6 Å². The van der Waals surface area contributed by atoms with Crippen LogP contribution in [0.2, 0.25) is 0 Å². The zero-order valence-corrected chi connectivity index (χ0v) is 12.3. The summed E-state index contributed by atoms with van der Waals surface area (Å²) in [7, 11) is -3.03. The number of fused-ring (bicyclic) bond motifs is 1. The van der Waals surface area contributed by atoms with Gasteiger partial charge >= 0.3 is 0 Å². The zero-order chi connectivity index (χ0) is 14.3. The molecule has 0 N–H and O–H groups in total. The van der Waals surface area contributed by atoms with Crippen molar-refractivity contribution < 1.29 is 12.8 Å². The van der Waals surface area contributed by atoms with E-state index in [9.17, 15) is 12.8 Å². The third kappa shape index (κ3) is 2.42. The van der Waals surface area contributed by atoms with Crippen LogP contribution in [-0.2, 0) is 15.7 Å². The minimum atomic E-state index is -3.03. The summed E-state index contributed by atoms with van der Waals surface area (Å²) >= 11 is 5.91. The lowest BCUT2D eigenvalue weighted by molar-refractivity contribution is 0.470. The van der Waals surface area contributed by atoms with Gasteiger partial charge in [-0.1, -0.05) is 0 Å². The van der Waals surface area contributed by atoms with Crippen LogP contribution in [0.1, 0.15) is 24.7 Å². The predicted molar refractivity (Wildman–Crippen MR) is 76.2 cm³/mol. The summed E-state index contributed by atoms with van der Waals surface area (Å²) in [4.78, 5) is 4.31. The Kier molecular flexibility index (Phi) is 3.46. The number of hydrogen-bond donors (Lipinski definition) is 0. The highest BCUT2D eigenvalue weighted by Gasteiger charge is 2.28. The second-order valence-corrected chi connectivity index (χ2v) is 7.57. The molecule has 1 fully saturated rings. The molecule has 0 spiro atoms. The van der Waals surface area contributed by atoms with Crippen LogP contribution < -0.4 is 0 Å². The average molecular weight is 317 g/mol. The molecule has 0 bridgehead atoms. The third-order valence-corrected chi connectivity index (χ3v) is 5.69. The van der Waals surface area contributed by atoms with Gasteiger partial charge in [-0.05, 0) is 25.0 Å². The van der Waals surface area contributed by atoms with Crippen LogP contribution in [0.5, 0.6) is 0 Å². The number of hydrogen-bond acceptors (Lipinski definition) is 3. The highest BCUT2D eigenvalue weighted by Crippen LogP contribution is 2.29. The maximum Gasteiger partial charge on any atom is 0.152 e. The number of benzene rings is 1. The van der Waals surface area contributed by atoms with Gasteiger partial charge in [0, 0.05) is 12.1 Å². The summed E-state index contributed by atoms with van der Waals surface area (Å²) in [5, 5.41) is 0. The van der Waals surface area contributed by atoms with Crippen molar-refractivity contribution in [1.82, 2.24) is 9.55 Å². The first-order valence-electron chi connectivity index (χ1n) is 6.43. The third-order valence-electron chi connectivity index (χ3n) is 3.65. The molecule has 1 aliphatic heterocycles. The van der Waals surface area contributed by atoms with Gasteiger partial charge in [0.2, 0.25) is 0 Å². The Labute approximate surface area is 121 Å². The smallest absolute Gasteiger partial charge is 0.152 e. The lowest BCUT2D eigenvalue weighted by Crippen LogP contribution is -2.28. The number of imidazole rings is 1. The van der Waals surface area contributed by atoms with Gasteiger partial charge in [-0.3, -0.25) is 0 Å². The maximum absolute atomic E-state index is 13.3. The van der Waals surface area contributed by atoms with Gasteiger partial charge in [0.05, 0.1) is 28.4 Å². The Balaban J connectivity index is 2.14. The molecule has 2 aromatic rings. The van der Waals surface area contributed by atoms with E-state index in [1.165, 1.54) is 12.1 Å². The molecule has 1 atom stereocenters. The van der Waals surface area contributed by atoms with E-state index in [1.807, 2.05) is 4.57 Å². The first-order chi connectivity index (χ1) is 9.50. The van der Waals surface area contributed by atoms with Gasteiger partial charge in [0.1, 0.15) is 11.6 Å². The summed E-state index contributed by atoms with van der Waals surface area (Å²) in [6, 6.07) is 4.17. The molecule has 1 unspecified atom stereocenters. The van der Waals surface area contributed by atoms with E-state index < -0.39 is 9.84 Å². The molecule has 0 amide bonds. The summed E-state index contributed by atoms with van der Waals surface area (Å²) in [5.74, 6) is 0.738. The maximum atomic E-state index is 13.3. The molecule has 4 nitrogen and oxygen atoms in total. The Morgan fingerprint density at radius 2 is 2.25 bits per heavy atom. The number of rotatable bonds is 2. The summed E-state index contributed by atoms with van der Waals surface area (Å²) < 4.78 is 38.8. The van der Waals surface area contributed by atoms with E-state index in [1.54, 1.807) is 6.07 Å². The van der Waals surface area contributed by atoms with Crippen LogP contribution in [0.4, 0.5) is 4.39 Å². The minimum absolute atomic E-state index is 0.0969. The van der Waals surface area contributed by atoms with Crippen LogP contribution in [0, 0.1) is 5.82 Å². The molecule has 2 heterocycles. The SMILES string of the molecule is O=S1(=O)CCCC(n2c(CCl)nc3cc(F)ccc32)C1. The van der Waals surface area contributed by atoms with Crippen molar-refractivity contribution in [3.05, 3.63) is 29.8 Å². The average Bonchev–Trinajstić information content (AvgIpc) is 2.74. The minimum Gasteiger partial charge on any atom is -0.323 e. The Bertz CT molecular complexity index is 757. The largest absolute Gasteiger partial charge is 0.323 e. The summed E-state index contributed by atoms with van der Waals surface area (Å²) in [5.41, 5.74) is 1.26. The topological polar surface area (TPSA) is 52.0 Å². The van der Waals surface area contributed by atoms with E-state index in [0.29, 0.717) is 17.8 Å². The second kappa shape index (κ2) is 5.00. The van der Waals surface area contributed by atoms with Gasteiger partial charge in [0.25, 0.3) is 0 Å². The van der Waals surface area contributed by atoms with Gasteiger partial charge < -0.3 is 4.57 Å². The number of halogens is 2. The van der Waals surface area contributed by atoms with E-state index in [0.717, 1.165) is 11.9 Å². The normalized spacial score (nSPS) is 22.2. The van der Waals surface area contributed by atoms with Crippen molar-refractivity contribution in [3.8, 4) is 0 Å². The monoisotopic (exact) mass is 316 g/mol. The molecule has 1 aliphatic rings. The molecule has 0 radical (unpaired) electrons. The molecule has 1 saturated heterocycles. The van der Waals surface area contributed by atoms with Crippen molar-refractivity contribution >= 4 is 32.5 Å². The van der Waals surface area contributed by atoms with Crippen LogP contribution in [0.3, 0.4) is 0 Å². The quantitative estimate of drug-likeness (QED) is 0.800. The van der Waals surface area contributed by atoms with E-state index in [2.05, 4.69) is 4.98 Å². The lowest BCUT2D eigenvalue weighted by atomic mass is 10.1. The van der Waals surface area contributed by atoms with Gasteiger partial charge in [-0.25, -0.2) is 17.8 Å². The first-order valence-corrected chi connectivity index (χ1v) is 8.78. The molecule has 1 aromatic carbocycles. The highest BCUT2D eigenvalue weighted by molar-refractivity contribution is 7.91. The van der Waals surface area contributed by atoms with E-state index in [-0.39, 0.29) is 29.2 Å². The number of sulfone groups is 1. The van der Waals surface area contributed by atoms with Gasteiger partial charge in [-0.2, -0.15) is 0 Å². The van der Waals surface area contributed by atoms with Crippen molar-refractivity contribution in [3.63, 3.8) is 0 Å². The highest BCUT2D eigenvalue weighted by atomic mass is 35.5. The number of aromatic nitrogens is 2. The molecule has 7 heteroatoms. The number of alkyl halides is 1. The van der Waals surface area contributed by atoms with E-state index >= 15 is 0 Å². The predicted octanol–water partition coefficient (Wildman–Crippen LogP) is 2.66. The molecule has 1 aromatic heterocycles. The molecule has 108 valence electrons. The summed E-state index contributed by atoms with van der Waals surface area (Å²) in [6.45, 7) is 0. The van der Waals surface area contributed by atoms with Crippen LogP contribution in [-0.4, -0.2) is 29.5 Å². The molecular weight excluding hydrogens is 303 g/mol. The molecule has 0 aliphatic carbocycles. The fourth-order valence-electron chi connectivity index (χ4n) is 2.83. The Hall–Kier alpha value is -1.14. The Morgan fingerprint density at radius 1 is 1.45 bits per heavy atom. The standard InChI is InChI=1S/C13H14ClFN2O2S/c14-7-13-16-11-6-9(15)3-4-12(11)17(13)10-2-1-5-20(18,19)8-10/h3-4,6,10H,1-2,5,7-8H2. The van der Waals surface area contributed by atoms with Crippen molar-refractivity contribution in [2.45, 2.75) is 24.8 Å². The fraction of sp³-hybridized carbons (Fsp3) is 0.462. The lowest BCUT2D eigenvalue weighted by Gasteiger charge is -2.25. The Morgan fingerprint density at radius 3 is 2.95 bits per heavy atom. The molecular formula is C13H14ClFN2O2S. The van der Waals surface area contributed by atoms with E-state index in [4.69, 9.17) is 11.6 Å². The number of nitrogens with zero attached hydrogens (tertiary/aromatic N) is 2. The zero-order valence-electron chi connectivity index (χ0n) is 10.7. The van der Waals surface area contributed by atoms with Gasteiger partial charge in [0.15, 0.2) is 9.84 Å². The molecule has 3 rings (SSSR count). The van der Waals surface area contributed by atoms with Crippen LogP contribution in [0.15, 0.2) is 18.2 Å².